The van der Waals surface area contributed by atoms with Crippen molar-refractivity contribution in [2.75, 3.05) is 13.7 Å². The molecule has 8 heteroatoms. The normalized spacial score (nSPS) is 18.7. The smallest absolute Gasteiger partial charge is 0.326 e. The lowest BCUT2D eigenvalue weighted by Crippen LogP contribution is -2.27. The number of carbonyl (C=O) groups is 2. The largest absolute Gasteiger partial charge is 0.497 e. The Hall–Kier alpha value is -3.94. The molecule has 0 saturated carbocycles. The van der Waals surface area contributed by atoms with Crippen molar-refractivity contribution in [2.24, 2.45) is 10.9 Å². The van der Waals surface area contributed by atoms with Crippen LogP contribution in [0.25, 0.3) is 17.1 Å². The Balaban J connectivity index is 1.74. The molecule has 1 unspecified atom stereocenters. The highest BCUT2D eigenvalue weighted by Gasteiger charge is 2.44. The van der Waals surface area contributed by atoms with E-state index < -0.39 is 17.7 Å². The number of fused-ring (bicyclic) bond motifs is 1. The first-order chi connectivity index (χ1) is 14.6. The minimum absolute atomic E-state index is 0.0134. The van der Waals surface area contributed by atoms with Crippen molar-refractivity contribution in [3.63, 3.8) is 0 Å². The topological polar surface area (TPSA) is 103 Å². The van der Waals surface area contributed by atoms with Crippen molar-refractivity contribution in [3.05, 3.63) is 60.1 Å². The number of ketones is 1. The summed E-state index contributed by atoms with van der Waals surface area (Å²) in [6.45, 7) is 1.81. The molecule has 1 fully saturated rings. The van der Waals surface area contributed by atoms with E-state index in [-0.39, 0.29) is 18.3 Å². The maximum Gasteiger partial charge on any atom is 0.326 e. The number of hydrogen-bond acceptors (Lipinski definition) is 7. The van der Waals surface area contributed by atoms with Gasteiger partial charge in [-0.2, -0.15) is 0 Å². The molecule has 1 saturated heterocycles. The van der Waals surface area contributed by atoms with Gasteiger partial charge in [-0.25, -0.2) is 9.98 Å². The minimum Gasteiger partial charge on any atom is -0.497 e. The van der Waals surface area contributed by atoms with Gasteiger partial charge in [-0.3, -0.25) is 9.59 Å². The van der Waals surface area contributed by atoms with E-state index in [1.807, 2.05) is 6.07 Å². The van der Waals surface area contributed by atoms with Gasteiger partial charge in [-0.1, -0.05) is 6.07 Å². The standard InChI is InChI=1S/C22H19N3O5/c1-3-29-22(27)18-19(26)17(10-13-12-24-20-16(13)8-5-9-23-20)30-21(18)25-14-6-4-7-15(11-14)28-2/h4-12,18H,3H2,1-2H3,(H,23,24)/b17-10-,25-21?. The summed E-state index contributed by atoms with van der Waals surface area (Å²) in [5.41, 5.74) is 1.89. The van der Waals surface area contributed by atoms with Crippen molar-refractivity contribution in [1.29, 1.82) is 0 Å². The van der Waals surface area contributed by atoms with Crippen molar-refractivity contribution >= 4 is 40.4 Å². The number of pyridine rings is 1. The zero-order chi connectivity index (χ0) is 21.1. The monoisotopic (exact) mass is 405 g/mol. The number of aliphatic imine (C=N–C) groups is 1. The van der Waals surface area contributed by atoms with Crippen molar-refractivity contribution in [3.8, 4) is 5.75 Å². The van der Waals surface area contributed by atoms with Crippen LogP contribution < -0.4 is 4.74 Å². The maximum atomic E-state index is 13.0. The molecule has 0 radical (unpaired) electrons. The van der Waals surface area contributed by atoms with E-state index in [0.717, 1.165) is 5.39 Å². The van der Waals surface area contributed by atoms with E-state index in [1.54, 1.807) is 62.8 Å². The molecule has 0 amide bonds. The molecule has 8 nitrogen and oxygen atoms in total. The lowest BCUT2D eigenvalue weighted by Gasteiger charge is -2.07. The molecule has 3 heterocycles. The Morgan fingerprint density at radius 3 is 3.00 bits per heavy atom. The van der Waals surface area contributed by atoms with Crippen LogP contribution in [0.3, 0.4) is 0 Å². The molecular formula is C22H19N3O5. The quantitative estimate of drug-likeness (QED) is 0.396. The van der Waals surface area contributed by atoms with Crippen LogP contribution in [0.5, 0.6) is 5.75 Å². The second-order valence-corrected chi connectivity index (χ2v) is 6.46. The number of Topliss-reactive ketones (excluding diaryl/α,β-unsaturated/α-hetero) is 1. The van der Waals surface area contributed by atoms with Crippen LogP contribution in [-0.4, -0.2) is 41.3 Å². The number of methoxy groups -OCH3 is 1. The van der Waals surface area contributed by atoms with Gasteiger partial charge in [0.2, 0.25) is 11.7 Å². The number of nitrogens with one attached hydrogen (secondary N) is 1. The predicted octanol–water partition coefficient (Wildman–Crippen LogP) is 3.42. The molecule has 1 atom stereocenters. The zero-order valence-corrected chi connectivity index (χ0v) is 16.4. The molecule has 0 aliphatic carbocycles. The number of nitrogens with zero attached hydrogens (tertiary/aromatic N) is 2. The summed E-state index contributed by atoms with van der Waals surface area (Å²) < 4.78 is 16.0. The molecule has 0 spiro atoms. The predicted molar refractivity (Wildman–Crippen MR) is 110 cm³/mol. The van der Waals surface area contributed by atoms with E-state index in [1.165, 1.54) is 0 Å². The highest BCUT2D eigenvalue weighted by atomic mass is 16.5. The Labute approximate surface area is 172 Å². The summed E-state index contributed by atoms with van der Waals surface area (Å²) in [5.74, 6) is -1.89. The third-order valence-electron chi connectivity index (χ3n) is 4.55. The van der Waals surface area contributed by atoms with Gasteiger partial charge in [0.15, 0.2) is 11.7 Å². The molecule has 1 aliphatic heterocycles. The van der Waals surface area contributed by atoms with Gasteiger partial charge in [0.05, 0.1) is 19.4 Å². The molecule has 152 valence electrons. The van der Waals surface area contributed by atoms with Gasteiger partial charge in [0.25, 0.3) is 0 Å². The fourth-order valence-corrected chi connectivity index (χ4v) is 3.14. The highest BCUT2D eigenvalue weighted by Crippen LogP contribution is 2.30. The minimum atomic E-state index is -1.26. The summed E-state index contributed by atoms with van der Waals surface area (Å²) in [6, 6.07) is 10.6. The summed E-state index contributed by atoms with van der Waals surface area (Å²) in [6.07, 6.45) is 4.96. The number of carbonyl (C=O) groups excluding carboxylic acids is 2. The van der Waals surface area contributed by atoms with E-state index in [2.05, 4.69) is 15.0 Å². The molecule has 1 N–H and O–H groups in total. The fourth-order valence-electron chi connectivity index (χ4n) is 3.14. The van der Waals surface area contributed by atoms with Gasteiger partial charge >= 0.3 is 5.97 Å². The lowest BCUT2D eigenvalue weighted by atomic mass is 10.0. The summed E-state index contributed by atoms with van der Waals surface area (Å²) in [5, 5.41) is 0.826. The van der Waals surface area contributed by atoms with Gasteiger partial charge < -0.3 is 19.2 Å². The fraction of sp³-hybridized carbons (Fsp3) is 0.182. The van der Waals surface area contributed by atoms with Crippen molar-refractivity contribution in [2.45, 2.75) is 6.92 Å². The molecule has 30 heavy (non-hydrogen) atoms. The first-order valence-electron chi connectivity index (χ1n) is 9.36. The average molecular weight is 405 g/mol. The first kappa shape index (κ1) is 19.4. The van der Waals surface area contributed by atoms with Crippen LogP contribution in [0.4, 0.5) is 5.69 Å². The number of aromatic nitrogens is 2. The zero-order valence-electron chi connectivity index (χ0n) is 16.4. The van der Waals surface area contributed by atoms with Crippen LogP contribution in [-0.2, 0) is 19.1 Å². The van der Waals surface area contributed by atoms with E-state index in [0.29, 0.717) is 22.6 Å². The van der Waals surface area contributed by atoms with E-state index in [4.69, 9.17) is 14.2 Å². The van der Waals surface area contributed by atoms with Crippen LogP contribution in [0.2, 0.25) is 0 Å². The molecule has 4 rings (SSSR count). The summed E-state index contributed by atoms with van der Waals surface area (Å²) in [7, 11) is 1.54. The highest BCUT2D eigenvalue weighted by molar-refractivity contribution is 6.27. The Kier molecular flexibility index (Phi) is 5.30. The van der Waals surface area contributed by atoms with Gasteiger partial charge in [-0.15, -0.1) is 0 Å². The van der Waals surface area contributed by atoms with Gasteiger partial charge in [0.1, 0.15) is 11.4 Å². The average Bonchev–Trinajstić information content (AvgIpc) is 3.29. The van der Waals surface area contributed by atoms with Crippen molar-refractivity contribution in [1.82, 2.24) is 9.97 Å². The van der Waals surface area contributed by atoms with E-state index >= 15 is 0 Å². The molecule has 0 bridgehead atoms. The molecule has 1 aromatic carbocycles. The Bertz CT molecular complexity index is 1180. The summed E-state index contributed by atoms with van der Waals surface area (Å²) in [4.78, 5) is 37.1. The Morgan fingerprint density at radius 2 is 2.20 bits per heavy atom. The lowest BCUT2D eigenvalue weighted by molar-refractivity contribution is -0.147. The maximum absolute atomic E-state index is 13.0. The van der Waals surface area contributed by atoms with Crippen LogP contribution >= 0.6 is 0 Å². The molecule has 2 aromatic heterocycles. The third kappa shape index (κ3) is 3.67. The number of ether oxygens (including phenoxy) is 3. The van der Waals surface area contributed by atoms with Crippen LogP contribution in [0, 0.1) is 5.92 Å². The van der Waals surface area contributed by atoms with Crippen LogP contribution in [0.15, 0.2) is 59.5 Å². The van der Waals surface area contributed by atoms with Crippen LogP contribution in [0.1, 0.15) is 12.5 Å². The first-order valence-corrected chi connectivity index (χ1v) is 9.36. The molecule has 3 aromatic rings. The van der Waals surface area contributed by atoms with E-state index in [9.17, 15) is 9.59 Å². The second kappa shape index (κ2) is 8.20. The third-order valence-corrected chi connectivity index (χ3v) is 4.55. The number of allylic oxidation sites excluding steroid dienone is 1. The summed E-state index contributed by atoms with van der Waals surface area (Å²) >= 11 is 0. The number of aromatic amines is 1. The van der Waals surface area contributed by atoms with Crippen molar-refractivity contribution < 1.29 is 23.8 Å². The molecular weight excluding hydrogens is 386 g/mol. The number of esters is 1. The van der Waals surface area contributed by atoms with Gasteiger partial charge in [-0.05, 0) is 37.3 Å². The number of H-pyrrole nitrogens is 1. The molecule has 1 aliphatic rings. The second-order valence-electron chi connectivity index (χ2n) is 6.46. The number of rotatable bonds is 5. The number of benzene rings is 1. The Morgan fingerprint density at radius 1 is 1.33 bits per heavy atom. The number of hydrogen-bond donors (Lipinski definition) is 1. The SMILES string of the molecule is CCOC(=O)C1C(=O)/C(=C/c2c[nH]c3ncccc23)OC1=Nc1cccc(OC)c1. The van der Waals surface area contributed by atoms with Gasteiger partial charge in [0, 0.05) is 29.4 Å².